The third kappa shape index (κ3) is 18.5. The zero-order valence-corrected chi connectivity index (χ0v) is 54.1. The normalized spacial score (nSPS) is 9.86. The molecule has 0 saturated heterocycles. The monoisotopic (exact) mass is 1410 g/mol. The van der Waals surface area contributed by atoms with E-state index in [1.807, 2.05) is 30.3 Å². The summed E-state index contributed by atoms with van der Waals surface area (Å²) in [5, 5.41) is 34.7. The van der Waals surface area contributed by atoms with E-state index in [0.717, 1.165) is 31.8 Å². The van der Waals surface area contributed by atoms with Crippen molar-refractivity contribution < 1.29 is 99.1 Å². The van der Waals surface area contributed by atoms with Gasteiger partial charge < -0.3 is 29.7 Å². The maximum atomic E-state index is 14.5. The Balaban J connectivity index is 0.000000874. The standard InChI is InChI=1S/C21H14ClFO.C15H11BrO.C6H5BClFO2.CH4.I2.HI.3K.HO4P/c1-24-21-17(16-7-4-8-18(22)20(16)23)12-11-14-10-9-13-5-2-3-6-15(13)19(14)21;1-17-15-13(16)9-8-11-7-6-10-4-2-3-5-12(10)14(11)15;8-5-3-1-2-4(6(5)9)7(10)11;;1-2;;;;;1-4-5(2)3/h2-12H,1H3;2-9H,1H3;1-3,10-11H;1H4;;1H;;;;1H/q;;;;;;;;+1;/p-1. The molecule has 0 aliphatic carbocycles. The number of halogens is 8. The van der Waals surface area contributed by atoms with Crippen LogP contribution in [0.2, 0.25) is 10.0 Å². The molecule has 0 spiro atoms. The Kier molecular flexibility index (Phi) is 36.8. The summed E-state index contributed by atoms with van der Waals surface area (Å²) in [6.45, 7) is 0. The molecule has 1 atom stereocenters. The fourth-order valence-electron chi connectivity index (χ4n) is 6.16. The number of hydrogen-bond acceptors (Lipinski definition) is 8. The molecule has 0 saturated carbocycles. The van der Waals surface area contributed by atoms with Crippen molar-refractivity contribution in [2.75, 3.05) is 14.2 Å². The molecular formula is C43H35BBrCl2F2I3K3O8P. The van der Waals surface area contributed by atoms with Crippen molar-refractivity contribution >= 4 is 227 Å². The van der Waals surface area contributed by atoms with Gasteiger partial charge in [0.25, 0.3) is 0 Å². The van der Waals surface area contributed by atoms with Gasteiger partial charge in [-0.2, -0.15) is 0 Å². The number of rotatable bonds is 5. The quantitative estimate of drug-likeness (QED) is 0.0437. The topological polar surface area (TPSA) is 131 Å². The number of ether oxygens (including phenoxy) is 2. The van der Waals surface area contributed by atoms with Crippen LogP contribution in [0, 0.1) is 11.6 Å². The summed E-state index contributed by atoms with van der Waals surface area (Å²) < 4.78 is 50.9. The number of benzene rings is 8. The zero-order chi connectivity index (χ0) is 45.2. The van der Waals surface area contributed by atoms with Gasteiger partial charge in [0.2, 0.25) is 0 Å². The van der Waals surface area contributed by atoms with Crippen LogP contribution in [0.4, 0.5) is 8.78 Å². The molecule has 8 nitrogen and oxygen atoms in total. The second-order valence-electron chi connectivity index (χ2n) is 11.9. The van der Waals surface area contributed by atoms with E-state index in [1.165, 1.54) is 103 Å². The molecule has 0 heterocycles. The van der Waals surface area contributed by atoms with Crippen LogP contribution >= 0.6 is 109 Å². The van der Waals surface area contributed by atoms with Gasteiger partial charge in [0.1, 0.15) is 23.1 Å². The Morgan fingerprint density at radius 2 is 1.06 bits per heavy atom. The van der Waals surface area contributed by atoms with E-state index in [4.69, 9.17) is 57.4 Å². The molecule has 8 aromatic carbocycles. The van der Waals surface area contributed by atoms with Gasteiger partial charge in [-0.3, -0.25) is 0 Å². The zero-order valence-electron chi connectivity index (χ0n) is 34.1. The Morgan fingerprint density at radius 3 is 1.52 bits per heavy atom. The fourth-order valence-corrected chi connectivity index (χ4v) is 7.01. The van der Waals surface area contributed by atoms with Gasteiger partial charge in [-0.1, -0.05) is 140 Å². The first-order chi connectivity index (χ1) is 29.4. The molecule has 64 heavy (non-hydrogen) atoms. The molecule has 21 heteroatoms. The van der Waals surface area contributed by atoms with Gasteiger partial charge >= 0.3 is 130 Å². The van der Waals surface area contributed by atoms with E-state index in [1.54, 1.807) is 32.4 Å². The molecule has 322 valence electrons. The maximum absolute atomic E-state index is 14.5. The minimum atomic E-state index is -3.15. The van der Waals surface area contributed by atoms with Crippen molar-refractivity contribution in [2.24, 2.45) is 0 Å². The Bertz CT molecular complexity index is 2740. The third-order valence-electron chi connectivity index (χ3n) is 8.65. The van der Waals surface area contributed by atoms with Gasteiger partial charge in [0, 0.05) is 64.6 Å². The van der Waals surface area contributed by atoms with E-state index in [0.29, 0.717) is 16.9 Å². The van der Waals surface area contributed by atoms with Crippen LogP contribution in [-0.2, 0) is 9.24 Å². The minimum absolute atomic E-state index is 0. The fraction of sp³-hybridized carbons (Fsp3) is 0.0698. The van der Waals surface area contributed by atoms with E-state index in [-0.39, 0.29) is 98.3 Å². The molecule has 2 N–H and O–H groups in total. The van der Waals surface area contributed by atoms with Crippen LogP contribution in [0.3, 0.4) is 0 Å². The van der Waals surface area contributed by atoms with Crippen LogP contribution in [0.5, 0.6) is 11.5 Å². The van der Waals surface area contributed by atoms with Crippen LogP contribution in [0.25, 0.3) is 54.2 Å². The summed E-state index contributed by atoms with van der Waals surface area (Å²) in [6, 6.07) is 41.9. The van der Waals surface area contributed by atoms with Crippen LogP contribution in [0.1, 0.15) is 7.43 Å². The first-order valence-electron chi connectivity index (χ1n) is 17.9. The van der Waals surface area contributed by atoms with Crippen molar-refractivity contribution in [1.29, 1.82) is 0 Å². The molecule has 0 amide bonds. The van der Waals surface area contributed by atoms with Crippen molar-refractivity contribution in [3.8, 4) is 22.6 Å². The number of hydrogen-bond donors (Lipinski definition) is 2. The van der Waals surface area contributed by atoms with Crippen molar-refractivity contribution in [3.05, 3.63) is 160 Å². The van der Waals surface area contributed by atoms with Gasteiger partial charge in [0.05, 0.1) is 28.7 Å². The summed E-state index contributed by atoms with van der Waals surface area (Å²) >= 11 is 21.6. The van der Waals surface area contributed by atoms with Crippen LogP contribution < -0.4 is 76.5 Å². The molecule has 0 bridgehead atoms. The van der Waals surface area contributed by atoms with Crippen LogP contribution in [-0.4, -0.2) is 94.5 Å². The van der Waals surface area contributed by atoms with Gasteiger partial charge in [-0.15, -0.1) is 24.0 Å². The average molecular weight is 1410 g/mol. The summed E-state index contributed by atoms with van der Waals surface area (Å²) in [5.74, 6) is 0.339. The second-order valence-corrected chi connectivity index (χ2v) is 14.2. The SMILES string of the molecule is C.COc1c(-c2cccc(Cl)c2F)ccc2ccc3ccccc3c12.COc1c(Br)ccc2ccc3ccccc3c12.I.II.O=[P+]([O-])O[O-].OB(O)c1cccc(Cl)c1F.[K+].[K][K]. The van der Waals surface area contributed by atoms with E-state index < -0.39 is 27.0 Å². The first-order valence-corrected chi connectivity index (χ1v) is 42.8. The predicted octanol–water partition coefficient (Wildman–Crippen LogP) is 8.95. The van der Waals surface area contributed by atoms with Crippen molar-refractivity contribution in [1.82, 2.24) is 0 Å². The Labute approximate surface area is 518 Å². The van der Waals surface area contributed by atoms with Gasteiger partial charge in [-0.25, -0.2) is 13.5 Å². The average Bonchev–Trinajstić information content (AvgIpc) is 3.29. The summed E-state index contributed by atoms with van der Waals surface area (Å²) in [4.78, 5) is 8.87. The van der Waals surface area contributed by atoms with Crippen molar-refractivity contribution in [3.63, 3.8) is 0 Å². The molecule has 1 unspecified atom stereocenters. The van der Waals surface area contributed by atoms with E-state index >= 15 is 0 Å². The Morgan fingerprint density at radius 1 is 0.656 bits per heavy atom. The van der Waals surface area contributed by atoms with E-state index in [9.17, 15) is 8.78 Å². The third-order valence-corrected chi connectivity index (χ3v) is 9.98. The molecule has 8 aromatic rings. The molecule has 0 aliphatic rings. The Hall–Kier alpha value is 2.38. The first kappa shape index (κ1) is 66.4. The summed E-state index contributed by atoms with van der Waals surface area (Å²) in [7, 11) is -1.64. The number of methoxy groups -OCH3 is 2. The van der Waals surface area contributed by atoms with Gasteiger partial charge in [0.15, 0.2) is 0 Å². The number of fused-ring (bicyclic) bond motifs is 6. The molecule has 0 fully saturated rings. The molecule has 8 rings (SSSR count). The van der Waals surface area contributed by atoms with E-state index in [2.05, 4.69) is 125 Å². The molecule has 0 aromatic heterocycles. The van der Waals surface area contributed by atoms with Crippen LogP contribution in [0.15, 0.2) is 138 Å². The second kappa shape index (κ2) is 35.5. The molecular weight excluding hydrogens is 1370 g/mol. The molecule has 0 radical (unpaired) electrons. The predicted molar refractivity (Wildman–Crippen MR) is 286 cm³/mol. The molecule has 0 aliphatic heterocycles. The van der Waals surface area contributed by atoms with Crippen molar-refractivity contribution in [2.45, 2.75) is 7.43 Å². The van der Waals surface area contributed by atoms with Gasteiger partial charge in [-0.05, 0) is 77.1 Å². The summed E-state index contributed by atoms with van der Waals surface area (Å²) in [5.41, 5.74) is 0.924. The summed E-state index contributed by atoms with van der Waals surface area (Å²) in [6.07, 6.45) is 0.